The fourth-order valence-corrected chi connectivity index (χ4v) is 2.68. The van der Waals surface area contributed by atoms with Gasteiger partial charge in [-0.15, -0.1) is 0 Å². The van der Waals surface area contributed by atoms with Crippen LogP contribution in [0, 0.1) is 22.7 Å². The molecule has 0 amide bonds. The Bertz CT molecular complexity index is 745. The number of benzene rings is 2. The van der Waals surface area contributed by atoms with E-state index >= 15 is 0 Å². The Morgan fingerprint density at radius 1 is 0.810 bits per heavy atom. The normalized spacial score (nSPS) is 9.52. The summed E-state index contributed by atoms with van der Waals surface area (Å²) in [6, 6.07) is 14.8. The van der Waals surface area contributed by atoms with Crippen LogP contribution >= 0.6 is 11.8 Å². The zero-order valence-electron chi connectivity index (χ0n) is 11.6. The van der Waals surface area contributed by atoms with Crippen LogP contribution in [0.15, 0.2) is 46.2 Å². The average molecular weight is 296 g/mol. The molecule has 4 nitrogen and oxygen atoms in total. The lowest BCUT2D eigenvalue weighted by Gasteiger charge is -2.09. The lowest BCUT2D eigenvalue weighted by Crippen LogP contribution is -1.90. The van der Waals surface area contributed by atoms with E-state index in [1.54, 1.807) is 26.4 Å². The van der Waals surface area contributed by atoms with Gasteiger partial charge in [-0.3, -0.25) is 0 Å². The molecule has 0 aliphatic carbocycles. The Hall–Kier alpha value is -2.63. The van der Waals surface area contributed by atoms with Crippen LogP contribution in [0.5, 0.6) is 11.5 Å². The Morgan fingerprint density at radius 2 is 1.43 bits per heavy atom. The van der Waals surface area contributed by atoms with Crippen LogP contribution < -0.4 is 9.47 Å². The zero-order valence-corrected chi connectivity index (χ0v) is 12.4. The molecule has 0 spiro atoms. The molecule has 2 rings (SSSR count). The first-order valence-electron chi connectivity index (χ1n) is 6.06. The van der Waals surface area contributed by atoms with E-state index in [0.717, 1.165) is 9.79 Å². The molecule has 0 atom stereocenters. The summed E-state index contributed by atoms with van der Waals surface area (Å²) in [7, 11) is 3.17. The first-order chi connectivity index (χ1) is 10.2. The number of hydrogen-bond acceptors (Lipinski definition) is 5. The Labute approximate surface area is 127 Å². The molecule has 0 fully saturated rings. The van der Waals surface area contributed by atoms with E-state index < -0.39 is 0 Å². The first-order valence-corrected chi connectivity index (χ1v) is 6.87. The Morgan fingerprint density at radius 3 is 2.05 bits per heavy atom. The summed E-state index contributed by atoms with van der Waals surface area (Å²) < 4.78 is 10.5. The van der Waals surface area contributed by atoms with Crippen molar-refractivity contribution in [3.8, 4) is 23.6 Å². The predicted octanol–water partition coefficient (Wildman–Crippen LogP) is 3.60. The minimum Gasteiger partial charge on any atom is -0.493 e. The van der Waals surface area contributed by atoms with Crippen molar-refractivity contribution in [1.82, 2.24) is 0 Å². The lowest BCUT2D eigenvalue weighted by atomic mass is 10.1. The summed E-state index contributed by atoms with van der Waals surface area (Å²) in [6.45, 7) is 0. The van der Waals surface area contributed by atoms with E-state index in [0.29, 0.717) is 22.6 Å². The van der Waals surface area contributed by atoms with Gasteiger partial charge in [0.2, 0.25) is 0 Å². The van der Waals surface area contributed by atoms with Gasteiger partial charge in [0.1, 0.15) is 12.1 Å². The molecule has 0 heterocycles. The smallest absolute Gasteiger partial charge is 0.161 e. The van der Waals surface area contributed by atoms with E-state index in [1.807, 2.05) is 36.4 Å². The fraction of sp³-hybridized carbons (Fsp3) is 0.125. The lowest BCUT2D eigenvalue weighted by molar-refractivity contribution is 0.354. The highest BCUT2D eigenvalue weighted by atomic mass is 32.2. The van der Waals surface area contributed by atoms with Crippen molar-refractivity contribution in [2.24, 2.45) is 0 Å². The van der Waals surface area contributed by atoms with Gasteiger partial charge in [-0.1, -0.05) is 11.8 Å². The maximum absolute atomic E-state index is 9.04. The third-order valence-electron chi connectivity index (χ3n) is 2.82. The number of rotatable bonds is 4. The molecule has 0 aliphatic rings. The quantitative estimate of drug-likeness (QED) is 0.862. The molecule has 0 bridgehead atoms. The number of ether oxygens (including phenoxy) is 2. The first kappa shape index (κ1) is 14.8. The van der Waals surface area contributed by atoms with E-state index in [-0.39, 0.29) is 0 Å². The second kappa shape index (κ2) is 6.69. The second-order valence-electron chi connectivity index (χ2n) is 4.05. The molecule has 0 aliphatic heterocycles. The molecular formula is C16H12N2O2S. The summed E-state index contributed by atoms with van der Waals surface area (Å²) in [5.74, 6) is 1.32. The highest BCUT2D eigenvalue weighted by Crippen LogP contribution is 2.35. The molecule has 2 aromatic rings. The summed E-state index contributed by atoms with van der Waals surface area (Å²) in [4.78, 5) is 1.85. The van der Waals surface area contributed by atoms with Crippen LogP contribution in [-0.4, -0.2) is 14.2 Å². The van der Waals surface area contributed by atoms with Crippen molar-refractivity contribution in [1.29, 1.82) is 10.5 Å². The number of nitrogens with zero attached hydrogens (tertiary/aromatic N) is 2. The zero-order chi connectivity index (χ0) is 15.2. The monoisotopic (exact) mass is 296 g/mol. The maximum atomic E-state index is 9.04. The molecule has 0 unspecified atom stereocenters. The van der Waals surface area contributed by atoms with Crippen molar-refractivity contribution >= 4 is 11.8 Å². The van der Waals surface area contributed by atoms with Crippen molar-refractivity contribution in [2.75, 3.05) is 14.2 Å². The third-order valence-corrected chi connectivity index (χ3v) is 3.80. The predicted molar refractivity (Wildman–Crippen MR) is 79.5 cm³/mol. The molecule has 2 aromatic carbocycles. The van der Waals surface area contributed by atoms with Gasteiger partial charge in [0.05, 0.1) is 25.3 Å². The third kappa shape index (κ3) is 3.28. The summed E-state index contributed by atoms with van der Waals surface area (Å²) >= 11 is 1.49. The molecule has 0 radical (unpaired) electrons. The van der Waals surface area contributed by atoms with Gasteiger partial charge in [0.15, 0.2) is 11.5 Å². The molecule has 0 N–H and O–H groups in total. The van der Waals surface area contributed by atoms with Crippen LogP contribution in [0.3, 0.4) is 0 Å². The topological polar surface area (TPSA) is 66.0 Å². The van der Waals surface area contributed by atoms with Crippen LogP contribution in [0.1, 0.15) is 11.1 Å². The van der Waals surface area contributed by atoms with Crippen molar-refractivity contribution in [3.05, 3.63) is 47.5 Å². The minimum atomic E-state index is 0.378. The number of hydrogen-bond donors (Lipinski definition) is 0. The number of nitriles is 2. The van der Waals surface area contributed by atoms with Crippen LogP contribution in [0.4, 0.5) is 0 Å². The summed E-state index contributed by atoms with van der Waals surface area (Å²) in [5.41, 5.74) is 0.761. The van der Waals surface area contributed by atoms with Crippen LogP contribution in [-0.2, 0) is 0 Å². The van der Waals surface area contributed by atoms with E-state index in [4.69, 9.17) is 20.0 Å². The van der Waals surface area contributed by atoms with Gasteiger partial charge >= 0.3 is 0 Å². The van der Waals surface area contributed by atoms with Gasteiger partial charge < -0.3 is 9.47 Å². The van der Waals surface area contributed by atoms with E-state index in [2.05, 4.69) is 0 Å². The molecule has 5 heteroatoms. The van der Waals surface area contributed by atoms with Crippen molar-refractivity contribution < 1.29 is 9.47 Å². The molecule has 0 saturated heterocycles. The maximum Gasteiger partial charge on any atom is 0.161 e. The molecular weight excluding hydrogens is 284 g/mol. The van der Waals surface area contributed by atoms with Gasteiger partial charge in [-0.05, 0) is 36.4 Å². The van der Waals surface area contributed by atoms with E-state index in [9.17, 15) is 0 Å². The molecule has 21 heavy (non-hydrogen) atoms. The Kier molecular flexibility index (Phi) is 4.71. The minimum absolute atomic E-state index is 0.378. The number of methoxy groups -OCH3 is 2. The van der Waals surface area contributed by atoms with Gasteiger partial charge in [-0.25, -0.2) is 0 Å². The van der Waals surface area contributed by atoms with Gasteiger partial charge in [-0.2, -0.15) is 10.5 Å². The highest BCUT2D eigenvalue weighted by Gasteiger charge is 2.08. The van der Waals surface area contributed by atoms with Gasteiger partial charge in [0.25, 0.3) is 0 Å². The molecule has 0 aromatic heterocycles. The SMILES string of the molecule is COc1ccc(Sc2ccc(C#N)c(C#N)c2)cc1OC. The average Bonchev–Trinajstić information content (AvgIpc) is 2.54. The summed E-state index contributed by atoms with van der Waals surface area (Å²) in [5, 5.41) is 18.0. The van der Waals surface area contributed by atoms with Crippen LogP contribution in [0.25, 0.3) is 0 Å². The standard InChI is InChI=1S/C16H12N2O2S/c1-19-15-6-5-14(8-16(15)20-2)21-13-4-3-11(9-17)12(7-13)10-18/h3-8H,1-2H3. The van der Waals surface area contributed by atoms with Gasteiger partial charge in [0, 0.05) is 9.79 Å². The highest BCUT2D eigenvalue weighted by molar-refractivity contribution is 7.99. The largest absolute Gasteiger partial charge is 0.493 e. The van der Waals surface area contributed by atoms with Crippen molar-refractivity contribution in [2.45, 2.75) is 9.79 Å². The second-order valence-corrected chi connectivity index (χ2v) is 5.20. The molecule has 104 valence electrons. The Balaban J connectivity index is 2.31. The fourth-order valence-electron chi connectivity index (χ4n) is 1.79. The molecule has 0 saturated carbocycles. The van der Waals surface area contributed by atoms with E-state index in [1.165, 1.54) is 11.8 Å². The van der Waals surface area contributed by atoms with Crippen molar-refractivity contribution in [3.63, 3.8) is 0 Å². The summed E-state index contributed by atoms with van der Waals surface area (Å²) in [6.07, 6.45) is 0. The van der Waals surface area contributed by atoms with Crippen LogP contribution in [0.2, 0.25) is 0 Å².